The number of aromatic nitrogens is 5. The van der Waals surface area contributed by atoms with Gasteiger partial charge in [0.15, 0.2) is 5.65 Å². The largest absolute Gasteiger partial charge is 0.345 e. The number of nitrogens with one attached hydrogen (secondary N) is 1. The topological polar surface area (TPSA) is 58.9 Å². The van der Waals surface area contributed by atoms with Crippen molar-refractivity contribution in [3.8, 4) is 22.4 Å². The highest BCUT2D eigenvalue weighted by Gasteiger charge is 2.10. The fourth-order valence-corrected chi connectivity index (χ4v) is 3.00. The average molecular weight is 311 g/mol. The third-order valence-corrected chi connectivity index (χ3v) is 4.20. The first-order valence-electron chi connectivity index (χ1n) is 7.72. The lowest BCUT2D eigenvalue weighted by atomic mass is 10.1. The molecule has 5 heteroatoms. The molecule has 0 spiro atoms. The first-order valence-corrected chi connectivity index (χ1v) is 7.72. The number of nitrogens with zero attached hydrogens (tertiary/aromatic N) is 4. The summed E-state index contributed by atoms with van der Waals surface area (Å²) in [6.45, 7) is 0. The number of rotatable bonds is 2. The molecule has 0 fully saturated rings. The second-order valence-electron chi connectivity index (χ2n) is 5.64. The summed E-state index contributed by atoms with van der Waals surface area (Å²) >= 11 is 0. The van der Waals surface area contributed by atoms with Crippen LogP contribution in [-0.2, 0) is 0 Å². The highest BCUT2D eigenvalue weighted by molar-refractivity contribution is 5.95. The molecule has 0 unspecified atom stereocenters. The maximum Gasteiger partial charge on any atom is 0.155 e. The summed E-state index contributed by atoms with van der Waals surface area (Å²) in [5.74, 6) is 0. The molecular weight excluding hydrogens is 298 g/mol. The maximum atomic E-state index is 4.76. The van der Waals surface area contributed by atoms with E-state index in [-0.39, 0.29) is 0 Å². The molecular formula is C19H13N5. The van der Waals surface area contributed by atoms with Crippen LogP contribution in [-0.4, -0.2) is 24.6 Å². The van der Waals surface area contributed by atoms with E-state index < -0.39 is 0 Å². The predicted octanol–water partition coefficient (Wildman–Crippen LogP) is 3.94. The molecule has 114 valence electrons. The Morgan fingerprint density at radius 1 is 0.917 bits per heavy atom. The highest BCUT2D eigenvalue weighted by atomic mass is 15.3. The lowest BCUT2D eigenvalue weighted by Gasteiger charge is -2.02. The van der Waals surface area contributed by atoms with E-state index in [4.69, 9.17) is 4.98 Å². The van der Waals surface area contributed by atoms with E-state index in [1.165, 1.54) is 0 Å². The molecule has 5 rings (SSSR count). The molecule has 0 saturated carbocycles. The molecule has 0 saturated heterocycles. The lowest BCUT2D eigenvalue weighted by Crippen LogP contribution is -1.87. The number of H-pyrrole nitrogens is 1. The Bertz CT molecular complexity index is 1150. The molecule has 0 atom stereocenters. The Morgan fingerprint density at radius 2 is 1.83 bits per heavy atom. The second-order valence-corrected chi connectivity index (χ2v) is 5.64. The number of benzene rings is 1. The minimum atomic E-state index is 0.829. The maximum absolute atomic E-state index is 4.76. The number of fused-ring (bicyclic) bond motifs is 2. The van der Waals surface area contributed by atoms with Crippen LogP contribution in [0.25, 0.3) is 39.1 Å². The minimum absolute atomic E-state index is 0.829. The Labute approximate surface area is 137 Å². The highest BCUT2D eigenvalue weighted by Crippen LogP contribution is 2.30. The zero-order valence-corrected chi connectivity index (χ0v) is 12.7. The molecule has 5 aromatic rings. The molecule has 0 aliphatic heterocycles. The van der Waals surface area contributed by atoms with Crippen molar-refractivity contribution in [3.05, 3.63) is 73.3 Å². The van der Waals surface area contributed by atoms with Crippen molar-refractivity contribution in [2.45, 2.75) is 0 Å². The molecule has 0 bridgehead atoms. The van der Waals surface area contributed by atoms with E-state index in [1.807, 2.05) is 42.7 Å². The van der Waals surface area contributed by atoms with Gasteiger partial charge < -0.3 is 4.98 Å². The number of pyridine rings is 2. The van der Waals surface area contributed by atoms with Gasteiger partial charge in [0.2, 0.25) is 0 Å². The van der Waals surface area contributed by atoms with E-state index >= 15 is 0 Å². The van der Waals surface area contributed by atoms with Crippen LogP contribution >= 0.6 is 0 Å². The van der Waals surface area contributed by atoms with Crippen LogP contribution in [0.15, 0.2) is 73.3 Å². The van der Waals surface area contributed by atoms with Crippen LogP contribution in [0, 0.1) is 0 Å². The smallest absolute Gasteiger partial charge is 0.155 e. The van der Waals surface area contributed by atoms with E-state index in [0.29, 0.717) is 0 Å². The van der Waals surface area contributed by atoms with Crippen molar-refractivity contribution < 1.29 is 0 Å². The van der Waals surface area contributed by atoms with Crippen LogP contribution < -0.4 is 0 Å². The van der Waals surface area contributed by atoms with Gasteiger partial charge in [-0.05, 0) is 29.8 Å². The normalized spacial score (nSPS) is 11.3. The first-order chi connectivity index (χ1) is 11.9. The Kier molecular flexibility index (Phi) is 2.72. The zero-order valence-electron chi connectivity index (χ0n) is 12.7. The molecule has 24 heavy (non-hydrogen) atoms. The molecule has 0 aliphatic carbocycles. The van der Waals surface area contributed by atoms with E-state index in [9.17, 15) is 0 Å². The Hall–Kier alpha value is -3.47. The number of hydrogen-bond donors (Lipinski definition) is 1. The van der Waals surface area contributed by atoms with Crippen LogP contribution in [0.3, 0.4) is 0 Å². The van der Waals surface area contributed by atoms with E-state index in [0.717, 1.165) is 39.1 Å². The van der Waals surface area contributed by atoms with Crippen molar-refractivity contribution in [2.24, 2.45) is 0 Å². The molecule has 1 N–H and O–H groups in total. The fourth-order valence-electron chi connectivity index (χ4n) is 3.00. The van der Waals surface area contributed by atoms with Gasteiger partial charge in [0.25, 0.3) is 0 Å². The monoisotopic (exact) mass is 311 g/mol. The molecule has 0 radical (unpaired) electrons. The van der Waals surface area contributed by atoms with Gasteiger partial charge in [0.1, 0.15) is 12.0 Å². The summed E-state index contributed by atoms with van der Waals surface area (Å²) in [7, 11) is 0. The van der Waals surface area contributed by atoms with Gasteiger partial charge in [0.05, 0.1) is 5.69 Å². The van der Waals surface area contributed by atoms with Crippen molar-refractivity contribution >= 4 is 16.7 Å². The SMILES string of the molecule is c1ccc(-c2ccc3c(-c4ccn5ncnc5c4)c[nH]c3n2)cc1. The third-order valence-electron chi connectivity index (χ3n) is 4.20. The summed E-state index contributed by atoms with van der Waals surface area (Å²) < 4.78 is 1.75. The van der Waals surface area contributed by atoms with Crippen molar-refractivity contribution in [1.29, 1.82) is 0 Å². The van der Waals surface area contributed by atoms with Crippen LogP contribution in [0.5, 0.6) is 0 Å². The van der Waals surface area contributed by atoms with Crippen molar-refractivity contribution in [3.63, 3.8) is 0 Å². The lowest BCUT2D eigenvalue weighted by molar-refractivity contribution is 0.962. The van der Waals surface area contributed by atoms with Crippen LogP contribution in [0.1, 0.15) is 0 Å². The second kappa shape index (κ2) is 5.03. The molecule has 5 nitrogen and oxygen atoms in total. The predicted molar refractivity (Wildman–Crippen MR) is 93.5 cm³/mol. The number of aromatic amines is 1. The van der Waals surface area contributed by atoms with Gasteiger partial charge in [0, 0.05) is 28.9 Å². The number of hydrogen-bond acceptors (Lipinski definition) is 3. The molecule has 0 aliphatic rings. The van der Waals surface area contributed by atoms with E-state index in [1.54, 1.807) is 10.8 Å². The van der Waals surface area contributed by atoms with Crippen LogP contribution in [0.2, 0.25) is 0 Å². The van der Waals surface area contributed by atoms with Crippen molar-refractivity contribution in [1.82, 2.24) is 24.6 Å². The molecule has 1 aromatic carbocycles. The molecule has 4 heterocycles. The third kappa shape index (κ3) is 1.99. The minimum Gasteiger partial charge on any atom is -0.345 e. The zero-order chi connectivity index (χ0) is 15.9. The Morgan fingerprint density at radius 3 is 2.75 bits per heavy atom. The summed E-state index contributed by atoms with van der Waals surface area (Å²) in [6, 6.07) is 18.4. The van der Waals surface area contributed by atoms with Crippen molar-refractivity contribution in [2.75, 3.05) is 0 Å². The average Bonchev–Trinajstić information content (AvgIpc) is 3.27. The summed E-state index contributed by atoms with van der Waals surface area (Å²) in [5, 5.41) is 5.23. The van der Waals surface area contributed by atoms with Gasteiger partial charge in [-0.2, -0.15) is 5.10 Å². The molecule has 0 amide bonds. The molecule has 4 aromatic heterocycles. The summed E-state index contributed by atoms with van der Waals surface area (Å²) in [6.07, 6.45) is 5.47. The van der Waals surface area contributed by atoms with Crippen LogP contribution in [0.4, 0.5) is 0 Å². The van der Waals surface area contributed by atoms with Gasteiger partial charge in [-0.3, -0.25) is 0 Å². The van der Waals surface area contributed by atoms with Gasteiger partial charge in [-0.15, -0.1) is 0 Å². The fraction of sp³-hybridized carbons (Fsp3) is 0. The Balaban J connectivity index is 1.65. The summed E-state index contributed by atoms with van der Waals surface area (Å²) in [5.41, 5.74) is 5.99. The van der Waals surface area contributed by atoms with E-state index in [2.05, 4.69) is 39.3 Å². The quantitative estimate of drug-likeness (QED) is 0.537. The standard InChI is InChI=1S/C19H13N5/c1-2-4-13(5-3-1)17-7-6-15-16(11-20-19(15)23-17)14-8-9-24-18(10-14)21-12-22-24/h1-12H,(H,20,23). The summed E-state index contributed by atoms with van der Waals surface area (Å²) in [4.78, 5) is 12.3. The first kappa shape index (κ1) is 13.0. The van der Waals surface area contributed by atoms with Gasteiger partial charge in [-0.1, -0.05) is 30.3 Å². The van der Waals surface area contributed by atoms with Gasteiger partial charge >= 0.3 is 0 Å². The van der Waals surface area contributed by atoms with Gasteiger partial charge in [-0.25, -0.2) is 14.5 Å².